The molecule has 1 saturated carbocycles. The molecule has 5 rings (SSSR count). The number of rotatable bonds is 7. The number of imidazole rings is 1. The van der Waals surface area contributed by atoms with Crippen LogP contribution in [0.3, 0.4) is 0 Å². The van der Waals surface area contributed by atoms with Crippen LogP contribution in [0.1, 0.15) is 55.4 Å². The molecule has 0 bridgehead atoms. The lowest BCUT2D eigenvalue weighted by atomic mass is 10.1. The lowest BCUT2D eigenvalue weighted by Gasteiger charge is -2.25. The molecule has 37 heavy (non-hydrogen) atoms. The Morgan fingerprint density at radius 3 is 2.51 bits per heavy atom. The van der Waals surface area contributed by atoms with Crippen LogP contribution in [0.5, 0.6) is 0 Å². The molecule has 2 fully saturated rings. The van der Waals surface area contributed by atoms with Crippen LogP contribution in [0.25, 0.3) is 11.2 Å². The number of carbonyl (C=O) groups is 1. The topological polar surface area (TPSA) is 103 Å². The van der Waals surface area contributed by atoms with E-state index in [9.17, 15) is 26.4 Å². The van der Waals surface area contributed by atoms with Crippen molar-refractivity contribution in [3.63, 3.8) is 0 Å². The molecule has 1 unspecified atom stereocenters. The standard InChI is InChI=1S/C25H27F3N4O4S/c1-14-29-23-19(31-18-9-8-16(25(26,27)28)11-21(18)37(2,34)35)12-17(13-20(33)15-6-7-15)30-24(23)32(14)22-5-3-4-10-36-22/h8-9,11-12,15,22H,3-7,10,13H2,1-2H3,(H,30,31). The number of alkyl halides is 3. The summed E-state index contributed by atoms with van der Waals surface area (Å²) in [5.41, 5.74) is 0.615. The second-order valence-electron chi connectivity index (χ2n) is 9.71. The lowest BCUT2D eigenvalue weighted by molar-refractivity contribution is -0.137. The van der Waals surface area contributed by atoms with Gasteiger partial charge in [0.25, 0.3) is 0 Å². The second kappa shape index (κ2) is 9.39. The van der Waals surface area contributed by atoms with E-state index in [1.54, 1.807) is 13.0 Å². The predicted octanol–water partition coefficient (Wildman–Crippen LogP) is 5.13. The van der Waals surface area contributed by atoms with Crippen molar-refractivity contribution in [2.75, 3.05) is 18.2 Å². The number of ether oxygens (including phenoxy) is 1. The zero-order valence-corrected chi connectivity index (χ0v) is 21.2. The zero-order valence-electron chi connectivity index (χ0n) is 20.4. The monoisotopic (exact) mass is 536 g/mol. The van der Waals surface area contributed by atoms with Gasteiger partial charge in [0.1, 0.15) is 23.4 Å². The van der Waals surface area contributed by atoms with Crippen molar-refractivity contribution in [1.82, 2.24) is 14.5 Å². The Morgan fingerprint density at radius 1 is 1.14 bits per heavy atom. The summed E-state index contributed by atoms with van der Waals surface area (Å²) in [6.07, 6.45) is 0.347. The molecule has 1 N–H and O–H groups in total. The Labute approximate surface area is 212 Å². The van der Waals surface area contributed by atoms with Gasteiger partial charge in [0, 0.05) is 25.2 Å². The fraction of sp³-hybridized carbons (Fsp3) is 0.480. The quantitative estimate of drug-likeness (QED) is 0.447. The molecular formula is C25H27F3N4O4S. The highest BCUT2D eigenvalue weighted by atomic mass is 32.2. The molecule has 1 saturated heterocycles. The number of halogens is 3. The predicted molar refractivity (Wildman–Crippen MR) is 130 cm³/mol. The Kier molecular flexibility index (Phi) is 6.51. The summed E-state index contributed by atoms with van der Waals surface area (Å²) in [5, 5.41) is 2.99. The van der Waals surface area contributed by atoms with E-state index in [2.05, 4.69) is 10.3 Å². The fourth-order valence-corrected chi connectivity index (χ4v) is 5.52. The molecule has 0 spiro atoms. The molecule has 3 aromatic rings. The first-order valence-corrected chi connectivity index (χ1v) is 14.0. The number of ketones is 1. The Bertz CT molecular complexity index is 1470. The smallest absolute Gasteiger partial charge is 0.358 e. The summed E-state index contributed by atoms with van der Waals surface area (Å²) < 4.78 is 72.7. The normalized spacial score (nSPS) is 18.8. The van der Waals surface area contributed by atoms with Crippen molar-refractivity contribution in [3.05, 3.63) is 41.3 Å². The van der Waals surface area contributed by atoms with E-state index >= 15 is 0 Å². The second-order valence-corrected chi connectivity index (χ2v) is 11.7. The molecule has 0 amide bonds. The summed E-state index contributed by atoms with van der Waals surface area (Å²) in [6, 6.07) is 4.15. The number of carbonyl (C=O) groups excluding carboxylic acids is 1. The van der Waals surface area contributed by atoms with E-state index in [1.807, 2.05) is 4.57 Å². The number of hydrogen-bond donors (Lipinski definition) is 1. The number of sulfone groups is 1. The molecule has 3 heterocycles. The van der Waals surface area contributed by atoms with Crippen LogP contribution < -0.4 is 5.32 Å². The lowest BCUT2D eigenvalue weighted by Crippen LogP contribution is -2.19. The van der Waals surface area contributed by atoms with Gasteiger partial charge in [-0.3, -0.25) is 9.36 Å². The molecule has 1 aliphatic heterocycles. The average molecular weight is 537 g/mol. The van der Waals surface area contributed by atoms with Crippen molar-refractivity contribution >= 4 is 38.2 Å². The first kappa shape index (κ1) is 25.7. The number of aryl methyl sites for hydroxylation is 1. The van der Waals surface area contributed by atoms with Gasteiger partial charge in [0.2, 0.25) is 0 Å². The van der Waals surface area contributed by atoms with Gasteiger partial charge < -0.3 is 10.1 Å². The number of hydrogen-bond acceptors (Lipinski definition) is 7. The molecular weight excluding hydrogens is 509 g/mol. The van der Waals surface area contributed by atoms with E-state index in [0.29, 0.717) is 41.0 Å². The molecule has 2 aliphatic rings. The van der Waals surface area contributed by atoms with E-state index in [4.69, 9.17) is 9.72 Å². The number of pyridine rings is 1. The molecule has 1 aliphatic carbocycles. The van der Waals surface area contributed by atoms with E-state index in [1.165, 1.54) is 0 Å². The maximum absolute atomic E-state index is 13.3. The number of anilines is 2. The number of fused-ring (bicyclic) bond motifs is 1. The third-order valence-electron chi connectivity index (χ3n) is 6.69. The largest absolute Gasteiger partial charge is 0.416 e. The fourth-order valence-electron chi connectivity index (χ4n) is 4.66. The summed E-state index contributed by atoms with van der Waals surface area (Å²) in [4.78, 5) is 21.5. The Balaban J connectivity index is 1.64. The van der Waals surface area contributed by atoms with E-state index < -0.39 is 26.5 Å². The minimum absolute atomic E-state index is 0.0222. The number of benzene rings is 1. The van der Waals surface area contributed by atoms with Crippen molar-refractivity contribution in [3.8, 4) is 0 Å². The number of nitrogens with one attached hydrogen (secondary N) is 1. The van der Waals surface area contributed by atoms with Crippen molar-refractivity contribution in [1.29, 1.82) is 0 Å². The van der Waals surface area contributed by atoms with E-state index in [-0.39, 0.29) is 30.0 Å². The SMILES string of the molecule is Cc1nc2c(Nc3ccc(C(F)(F)F)cc3S(C)(=O)=O)cc(CC(=O)C3CC3)nc2n1C1CCCCO1. The molecule has 2 aromatic heterocycles. The van der Waals surface area contributed by atoms with Crippen LogP contribution in [0, 0.1) is 12.8 Å². The molecule has 8 nitrogen and oxygen atoms in total. The highest BCUT2D eigenvalue weighted by Gasteiger charge is 2.33. The van der Waals surface area contributed by atoms with Crippen LogP contribution in [-0.2, 0) is 32.0 Å². The van der Waals surface area contributed by atoms with Gasteiger partial charge in [-0.15, -0.1) is 0 Å². The first-order chi connectivity index (χ1) is 17.4. The van der Waals surface area contributed by atoms with Crippen LogP contribution in [0.2, 0.25) is 0 Å². The van der Waals surface area contributed by atoms with Gasteiger partial charge >= 0.3 is 6.18 Å². The summed E-state index contributed by atoms with van der Waals surface area (Å²) in [7, 11) is -4.02. The van der Waals surface area contributed by atoms with Gasteiger partial charge in [0.15, 0.2) is 15.5 Å². The van der Waals surface area contributed by atoms with Crippen molar-refractivity contribution in [2.24, 2.45) is 5.92 Å². The Morgan fingerprint density at radius 2 is 1.89 bits per heavy atom. The van der Waals surface area contributed by atoms with Gasteiger partial charge in [-0.25, -0.2) is 18.4 Å². The number of aromatic nitrogens is 3. The van der Waals surface area contributed by atoms with Crippen LogP contribution in [0.15, 0.2) is 29.2 Å². The van der Waals surface area contributed by atoms with Crippen LogP contribution in [0.4, 0.5) is 24.5 Å². The molecule has 0 radical (unpaired) electrons. The molecule has 1 aromatic carbocycles. The van der Waals surface area contributed by atoms with Crippen LogP contribution in [-0.4, -0.2) is 41.6 Å². The van der Waals surface area contributed by atoms with Crippen LogP contribution >= 0.6 is 0 Å². The molecule has 198 valence electrons. The first-order valence-electron chi connectivity index (χ1n) is 12.1. The third kappa shape index (κ3) is 5.35. The maximum Gasteiger partial charge on any atom is 0.416 e. The average Bonchev–Trinajstić information content (AvgIpc) is 3.61. The Hall–Kier alpha value is -2.99. The van der Waals surface area contributed by atoms with Gasteiger partial charge in [0.05, 0.1) is 27.5 Å². The summed E-state index contributed by atoms with van der Waals surface area (Å²) in [6.45, 7) is 2.40. The highest BCUT2D eigenvalue weighted by Crippen LogP contribution is 2.37. The van der Waals surface area contributed by atoms with Crippen molar-refractivity contribution in [2.45, 2.75) is 62.7 Å². The number of nitrogens with zero attached hydrogens (tertiary/aromatic N) is 3. The minimum Gasteiger partial charge on any atom is -0.358 e. The summed E-state index contributed by atoms with van der Waals surface area (Å²) in [5.74, 6) is 0.716. The van der Waals surface area contributed by atoms with Gasteiger partial charge in [-0.1, -0.05) is 0 Å². The molecule has 1 atom stereocenters. The highest BCUT2D eigenvalue weighted by molar-refractivity contribution is 7.90. The molecule has 12 heteroatoms. The van der Waals surface area contributed by atoms with E-state index in [0.717, 1.165) is 50.5 Å². The van der Waals surface area contributed by atoms with Gasteiger partial charge in [-0.05, 0) is 63.3 Å². The zero-order chi connectivity index (χ0) is 26.5. The van der Waals surface area contributed by atoms with Crippen molar-refractivity contribution < 1.29 is 31.1 Å². The summed E-state index contributed by atoms with van der Waals surface area (Å²) >= 11 is 0. The maximum atomic E-state index is 13.3. The minimum atomic E-state index is -4.70. The van der Waals surface area contributed by atoms with Gasteiger partial charge in [-0.2, -0.15) is 13.2 Å². The third-order valence-corrected chi connectivity index (χ3v) is 7.82. The number of Topliss-reactive ketones (excluding diaryl/α,β-unsaturated/α-hetero) is 1.